The Hall–Kier alpha value is -5.08. The van der Waals surface area contributed by atoms with Crippen molar-refractivity contribution in [2.75, 3.05) is 56.7 Å². The molecular weight excluding hydrogens is 931 g/mol. The van der Waals surface area contributed by atoms with Gasteiger partial charge in [-0.15, -0.1) is 11.3 Å². The van der Waals surface area contributed by atoms with E-state index in [1.165, 1.54) is 18.2 Å². The minimum absolute atomic E-state index is 0.0551. The third-order valence-electron chi connectivity index (χ3n) is 13.0. The highest BCUT2D eigenvalue weighted by Crippen LogP contribution is 2.42. The molecule has 20 heteroatoms. The summed E-state index contributed by atoms with van der Waals surface area (Å²) in [4.78, 5) is 69.7. The highest BCUT2D eigenvalue weighted by molar-refractivity contribution is 8.00. The standard InChI is InChI=1S/C48H62ClFN10O6S2/c1-28-39(67-27-56-28)32-12-10-30(11-13-32)23-54-43(63)37-21-34(61)25-60(37)44(64)40(58-45(65)48(50)16-17-48)47(2,3)68-26-31-8-6-29(7-9-31)22-52-18-19-53-42(62)33-14-15-36(38(20-33)66-5)57-46-55-24-35(49)41(51-4)59-46/h10-15,20,24,27,29,31,34,37,40,52,61H,6-9,16-19,21-23,25-26H2,1-5H3,(H,53,62)(H,54,63)(H,58,65)(H2,51,55,57,59)/t29-,31+,34-,37?,40-/m1/s1. The van der Waals surface area contributed by atoms with E-state index in [-0.39, 0.29) is 38.3 Å². The van der Waals surface area contributed by atoms with Gasteiger partial charge >= 0.3 is 0 Å². The molecular formula is C48H62ClFN10O6S2. The van der Waals surface area contributed by atoms with Gasteiger partial charge in [-0.1, -0.05) is 35.9 Å². The number of ether oxygens (including phenoxy) is 1. The lowest BCUT2D eigenvalue weighted by atomic mass is 9.83. The first kappa shape index (κ1) is 50.8. The van der Waals surface area contributed by atoms with Crippen molar-refractivity contribution in [3.8, 4) is 16.2 Å². The van der Waals surface area contributed by atoms with Gasteiger partial charge in [-0.3, -0.25) is 19.2 Å². The van der Waals surface area contributed by atoms with Crippen LogP contribution in [0, 0.1) is 18.8 Å². The molecule has 7 rings (SSSR count). The number of benzene rings is 2. The molecule has 0 radical (unpaired) electrons. The summed E-state index contributed by atoms with van der Waals surface area (Å²) < 4.78 is 19.8. The normalized spacial score (nSPS) is 20.3. The molecule has 0 bridgehead atoms. The maximum absolute atomic E-state index is 15.1. The molecule has 4 aromatic rings. The second-order valence-corrected chi connectivity index (χ2v) is 21.3. The average Bonchev–Trinajstić information content (AvgIpc) is 3.75. The molecule has 16 nitrogen and oxygen atoms in total. The second kappa shape index (κ2) is 22.6. The molecule has 0 spiro atoms. The number of β-amino-alcohol motifs (C(OH)–C–C–N with tert-alkyl or cyclic N) is 1. The second-order valence-electron chi connectivity index (χ2n) is 18.4. The van der Waals surface area contributed by atoms with Gasteiger partial charge in [-0.25, -0.2) is 14.4 Å². The molecule has 1 saturated heterocycles. The number of methoxy groups -OCH3 is 1. The van der Waals surface area contributed by atoms with E-state index in [1.807, 2.05) is 50.5 Å². The number of alkyl halides is 1. The Morgan fingerprint density at radius 1 is 1.04 bits per heavy atom. The number of rotatable bonds is 21. The van der Waals surface area contributed by atoms with Crippen molar-refractivity contribution in [3.05, 3.63) is 76.0 Å². The minimum Gasteiger partial charge on any atom is -0.495 e. The smallest absolute Gasteiger partial charge is 0.258 e. The van der Waals surface area contributed by atoms with Gasteiger partial charge in [0.05, 0.1) is 41.2 Å². The van der Waals surface area contributed by atoms with Crippen LogP contribution in [0.25, 0.3) is 10.4 Å². The van der Waals surface area contributed by atoms with E-state index in [1.54, 1.807) is 48.3 Å². The summed E-state index contributed by atoms with van der Waals surface area (Å²) in [5, 5.41) is 29.3. The number of thioether (sulfide) groups is 1. The van der Waals surface area contributed by atoms with Crippen LogP contribution in [-0.4, -0.2) is 123 Å². The molecule has 4 amide bonds. The highest BCUT2D eigenvalue weighted by Gasteiger charge is 2.54. The van der Waals surface area contributed by atoms with Crippen molar-refractivity contribution in [2.24, 2.45) is 11.8 Å². The number of halogens is 2. The lowest BCUT2D eigenvalue weighted by molar-refractivity contribution is -0.143. The molecule has 3 heterocycles. The summed E-state index contributed by atoms with van der Waals surface area (Å²) in [5.74, 6) is 0.896. The van der Waals surface area contributed by atoms with Crippen molar-refractivity contribution in [1.29, 1.82) is 0 Å². The Bertz CT molecular complexity index is 2420. The number of nitrogens with one attached hydrogen (secondary N) is 6. The number of nitrogens with zero attached hydrogens (tertiary/aromatic N) is 4. The zero-order chi connectivity index (χ0) is 48.6. The fourth-order valence-electron chi connectivity index (χ4n) is 8.61. The van der Waals surface area contributed by atoms with Gasteiger partial charge in [0.15, 0.2) is 5.67 Å². The third-order valence-corrected chi connectivity index (χ3v) is 15.8. The number of likely N-dealkylation sites (tertiary alicyclic amines) is 1. The van der Waals surface area contributed by atoms with Gasteiger partial charge in [0.1, 0.15) is 28.7 Å². The Morgan fingerprint density at radius 2 is 1.78 bits per heavy atom. The van der Waals surface area contributed by atoms with Gasteiger partial charge in [-0.05, 0) is 113 Å². The Morgan fingerprint density at radius 3 is 2.46 bits per heavy atom. The van der Waals surface area contributed by atoms with Crippen LogP contribution in [0.4, 0.5) is 21.8 Å². The van der Waals surface area contributed by atoms with Crippen LogP contribution in [0.5, 0.6) is 5.75 Å². The molecule has 2 saturated carbocycles. The van der Waals surface area contributed by atoms with Crippen molar-refractivity contribution < 1.29 is 33.4 Å². The molecule has 1 aliphatic heterocycles. The number of hydrogen-bond acceptors (Lipinski definition) is 14. The number of anilines is 3. The van der Waals surface area contributed by atoms with E-state index in [2.05, 4.69) is 46.9 Å². The third kappa shape index (κ3) is 12.8. The summed E-state index contributed by atoms with van der Waals surface area (Å²) >= 11 is 9.24. The van der Waals surface area contributed by atoms with Crippen LogP contribution in [-0.2, 0) is 20.9 Å². The van der Waals surface area contributed by atoms with E-state index < -0.39 is 46.3 Å². The molecule has 3 aliphatic rings. The molecule has 7 N–H and O–H groups in total. The van der Waals surface area contributed by atoms with Gasteiger partial charge in [-0.2, -0.15) is 16.7 Å². The fraction of sp³-hybridized carbons (Fsp3) is 0.521. The van der Waals surface area contributed by atoms with Gasteiger partial charge in [0.25, 0.3) is 11.8 Å². The summed E-state index contributed by atoms with van der Waals surface area (Å²) in [6, 6.07) is 10.9. The molecule has 3 fully saturated rings. The predicted molar refractivity (Wildman–Crippen MR) is 265 cm³/mol. The number of aromatic nitrogens is 3. The molecule has 1 unspecified atom stereocenters. The number of aliphatic hydroxyl groups is 1. The summed E-state index contributed by atoms with van der Waals surface area (Å²) in [7, 11) is 3.24. The van der Waals surface area contributed by atoms with Crippen molar-refractivity contribution in [1.82, 2.24) is 41.1 Å². The number of carbonyl (C=O) groups is 4. The van der Waals surface area contributed by atoms with Gasteiger partial charge < -0.3 is 46.6 Å². The van der Waals surface area contributed by atoms with Gasteiger partial charge in [0.2, 0.25) is 17.8 Å². The van der Waals surface area contributed by atoms with Crippen LogP contribution < -0.4 is 36.6 Å². The number of amides is 4. The first-order valence-electron chi connectivity index (χ1n) is 23.1. The fourth-order valence-corrected chi connectivity index (χ4v) is 10.9. The quantitative estimate of drug-likeness (QED) is 0.0461. The van der Waals surface area contributed by atoms with E-state index in [9.17, 15) is 24.3 Å². The average molecular weight is 994 g/mol. The molecule has 2 aromatic heterocycles. The van der Waals surface area contributed by atoms with Crippen LogP contribution in [0.2, 0.25) is 5.02 Å². The summed E-state index contributed by atoms with van der Waals surface area (Å²) in [6.45, 7) is 7.75. The summed E-state index contributed by atoms with van der Waals surface area (Å²) in [6.07, 6.45) is 4.84. The topological polar surface area (TPSA) is 212 Å². The van der Waals surface area contributed by atoms with E-state index in [0.29, 0.717) is 58.7 Å². The SMILES string of the molecule is CNc1nc(Nc2ccc(C(=O)NCCNC[C@H]3CC[C@@H](CSC(C)(C)[C@H](NC(=O)C4(F)CC4)C(=O)N4C[C@H](O)CC4C(=O)NCc4ccc(-c5scnc5C)cc4)CC3)cc2OC)ncc1Cl. The Kier molecular flexibility index (Phi) is 16.9. The first-order chi connectivity index (χ1) is 32.6. The molecule has 68 heavy (non-hydrogen) atoms. The number of carbonyl (C=O) groups excluding carboxylic acids is 4. The largest absolute Gasteiger partial charge is 0.495 e. The van der Waals surface area contributed by atoms with Crippen LogP contribution in [0.3, 0.4) is 0 Å². The predicted octanol–water partition coefficient (Wildman–Crippen LogP) is 6.26. The van der Waals surface area contributed by atoms with Crippen LogP contribution >= 0.6 is 34.7 Å². The van der Waals surface area contributed by atoms with E-state index >= 15 is 4.39 Å². The summed E-state index contributed by atoms with van der Waals surface area (Å²) in [5.41, 5.74) is 3.71. The molecule has 3 atom stereocenters. The number of thiazole rings is 1. The zero-order valence-corrected chi connectivity index (χ0v) is 41.5. The van der Waals surface area contributed by atoms with Crippen molar-refractivity contribution in [3.63, 3.8) is 0 Å². The molecule has 2 aliphatic carbocycles. The monoisotopic (exact) mass is 992 g/mol. The van der Waals surface area contributed by atoms with E-state index in [4.69, 9.17) is 16.3 Å². The molecule has 2 aromatic carbocycles. The number of hydrogen-bond donors (Lipinski definition) is 7. The maximum atomic E-state index is 15.1. The van der Waals surface area contributed by atoms with Crippen molar-refractivity contribution >= 4 is 75.8 Å². The van der Waals surface area contributed by atoms with E-state index in [0.717, 1.165) is 59.7 Å². The number of aliphatic hydroxyl groups excluding tert-OH is 1. The lowest BCUT2D eigenvalue weighted by Gasteiger charge is -2.38. The van der Waals surface area contributed by atoms with Gasteiger partial charge in [0, 0.05) is 50.0 Å². The first-order valence-corrected chi connectivity index (χ1v) is 25.4. The van der Waals surface area contributed by atoms with Crippen LogP contribution in [0.15, 0.2) is 54.2 Å². The zero-order valence-electron chi connectivity index (χ0n) is 39.1. The lowest BCUT2D eigenvalue weighted by Crippen LogP contribution is -2.61. The number of aryl methyl sites for hydroxylation is 1. The highest BCUT2D eigenvalue weighted by atomic mass is 35.5. The van der Waals surface area contributed by atoms with Crippen LogP contribution in [0.1, 0.15) is 80.4 Å². The maximum Gasteiger partial charge on any atom is 0.258 e. The Balaban J connectivity index is 0.857. The van der Waals surface area contributed by atoms with Crippen molar-refractivity contribution in [2.45, 2.75) is 101 Å². The minimum atomic E-state index is -2.00. The Labute approximate surface area is 410 Å². The molecule has 366 valence electrons.